The Labute approximate surface area is 163 Å². The average molecular weight is 401 g/mol. The van der Waals surface area contributed by atoms with Crippen LogP contribution in [-0.2, 0) is 33.3 Å². The van der Waals surface area contributed by atoms with E-state index in [1.54, 1.807) is 0 Å². The summed E-state index contributed by atoms with van der Waals surface area (Å²) < 4.78 is 21.9. The number of hydrogen-bond donors (Lipinski definition) is 0. The Hall–Kier alpha value is -1.61. The van der Waals surface area contributed by atoms with Crippen molar-refractivity contribution >= 4 is 34.7 Å². The minimum absolute atomic E-state index is 0.0972. The first-order valence-electron chi connectivity index (χ1n) is 9.18. The summed E-state index contributed by atoms with van der Waals surface area (Å²) in [6, 6.07) is -0.464. The lowest BCUT2D eigenvalue weighted by Crippen LogP contribution is -2.59. The maximum atomic E-state index is 11.7. The number of aliphatic imine (C=N–C) groups is 1. The molecule has 0 aromatic heterocycles. The van der Waals surface area contributed by atoms with Crippen LogP contribution in [0.15, 0.2) is 4.99 Å². The lowest BCUT2D eigenvalue weighted by atomic mass is 9.97. The van der Waals surface area contributed by atoms with Gasteiger partial charge in [0.15, 0.2) is 12.2 Å². The lowest BCUT2D eigenvalue weighted by Gasteiger charge is -2.41. The van der Waals surface area contributed by atoms with Crippen LogP contribution < -0.4 is 0 Å². The Balaban J connectivity index is 2.21. The second-order valence-electron chi connectivity index (χ2n) is 6.58. The first-order chi connectivity index (χ1) is 12.8. The summed E-state index contributed by atoms with van der Waals surface area (Å²) >= 11 is 1.49. The van der Waals surface area contributed by atoms with E-state index in [-0.39, 0.29) is 12.0 Å². The number of esters is 3. The maximum absolute atomic E-state index is 11.7. The zero-order valence-electron chi connectivity index (χ0n) is 16.1. The largest absolute Gasteiger partial charge is 0.463 e. The van der Waals surface area contributed by atoms with Crippen molar-refractivity contribution < 1.29 is 33.3 Å². The maximum Gasteiger partial charge on any atom is 0.303 e. The van der Waals surface area contributed by atoms with E-state index in [0.717, 1.165) is 30.7 Å². The first-order valence-corrected chi connectivity index (χ1v) is 10.1. The van der Waals surface area contributed by atoms with Gasteiger partial charge in [-0.2, -0.15) is 0 Å². The van der Waals surface area contributed by atoms with Gasteiger partial charge in [-0.25, -0.2) is 0 Å². The predicted octanol–water partition coefficient (Wildman–Crippen LogP) is 2.23. The minimum atomic E-state index is -0.897. The van der Waals surface area contributed by atoms with Crippen LogP contribution in [0.2, 0.25) is 0 Å². The van der Waals surface area contributed by atoms with Gasteiger partial charge in [0.1, 0.15) is 24.2 Å². The Morgan fingerprint density at radius 2 is 1.70 bits per heavy atom. The monoisotopic (exact) mass is 401 g/mol. The third-order valence-corrected chi connectivity index (χ3v) is 5.41. The zero-order valence-corrected chi connectivity index (χ0v) is 17.0. The molecule has 5 atom stereocenters. The van der Waals surface area contributed by atoms with Crippen LogP contribution in [0.1, 0.15) is 53.4 Å². The van der Waals surface area contributed by atoms with Crippen LogP contribution in [0, 0.1) is 0 Å². The average Bonchev–Trinajstić information content (AvgIpc) is 2.97. The predicted molar refractivity (Wildman–Crippen MR) is 99.4 cm³/mol. The second-order valence-corrected chi connectivity index (χ2v) is 7.75. The third kappa shape index (κ3) is 6.21. The van der Waals surface area contributed by atoms with Crippen LogP contribution in [0.5, 0.6) is 0 Å². The summed E-state index contributed by atoms with van der Waals surface area (Å²) in [5.74, 6) is -1.50. The normalized spacial score (nSPS) is 29.5. The number of carbonyl (C=O) groups is 3. The molecule has 0 saturated carbocycles. The topological polar surface area (TPSA) is 100 Å². The standard InChI is InChI=1S/C18H27NO7S/c1-5-6-7-8-14-19-15-17(25-12(4)22)16(24-11(3)21)13(9-23-10(2)20)26-18(15)27-14/h13,15-18H,5-9H2,1-4H3/t13-,15?,16-,17-,18?/m1/s1. The van der Waals surface area contributed by atoms with Crippen LogP contribution in [0.3, 0.4) is 0 Å². The highest BCUT2D eigenvalue weighted by Crippen LogP contribution is 2.40. The van der Waals surface area contributed by atoms with E-state index in [9.17, 15) is 14.4 Å². The van der Waals surface area contributed by atoms with Gasteiger partial charge in [-0.15, -0.1) is 0 Å². The number of nitrogens with zero attached hydrogens (tertiary/aromatic N) is 1. The lowest BCUT2D eigenvalue weighted by molar-refractivity contribution is -0.208. The van der Waals surface area contributed by atoms with E-state index < -0.39 is 42.3 Å². The van der Waals surface area contributed by atoms with Crippen LogP contribution in [-0.4, -0.2) is 59.3 Å². The molecule has 8 nitrogen and oxygen atoms in total. The van der Waals surface area contributed by atoms with Crippen LogP contribution >= 0.6 is 11.8 Å². The van der Waals surface area contributed by atoms with E-state index >= 15 is 0 Å². The molecule has 2 unspecified atom stereocenters. The molecule has 0 N–H and O–H groups in total. The molecular weight excluding hydrogens is 374 g/mol. The molecular formula is C18H27NO7S. The number of unbranched alkanes of at least 4 members (excludes halogenated alkanes) is 2. The fourth-order valence-electron chi connectivity index (χ4n) is 3.10. The molecule has 2 rings (SSSR count). The van der Waals surface area contributed by atoms with Gasteiger partial charge in [-0.1, -0.05) is 31.5 Å². The van der Waals surface area contributed by atoms with Crippen molar-refractivity contribution in [2.24, 2.45) is 4.99 Å². The van der Waals surface area contributed by atoms with E-state index in [4.69, 9.17) is 18.9 Å². The highest BCUT2D eigenvalue weighted by Gasteiger charge is 2.52. The molecule has 2 aliphatic rings. The molecule has 0 bridgehead atoms. The Kier molecular flexibility index (Phi) is 8.09. The van der Waals surface area contributed by atoms with E-state index in [1.165, 1.54) is 32.5 Å². The Bertz CT molecular complexity index is 594. The molecule has 0 aliphatic carbocycles. The smallest absolute Gasteiger partial charge is 0.303 e. The summed E-state index contributed by atoms with van der Waals surface area (Å²) in [6.07, 6.45) is 1.64. The number of hydrogen-bond acceptors (Lipinski definition) is 9. The van der Waals surface area contributed by atoms with Gasteiger partial charge in [0.05, 0.1) is 5.04 Å². The minimum Gasteiger partial charge on any atom is -0.463 e. The van der Waals surface area contributed by atoms with Gasteiger partial charge in [-0.05, 0) is 12.8 Å². The zero-order chi connectivity index (χ0) is 20.0. The van der Waals surface area contributed by atoms with Gasteiger partial charge in [0, 0.05) is 20.8 Å². The molecule has 0 aromatic rings. The van der Waals surface area contributed by atoms with E-state index in [0.29, 0.717) is 0 Å². The summed E-state index contributed by atoms with van der Waals surface area (Å²) in [6.45, 7) is 5.88. The number of fused-ring (bicyclic) bond motifs is 1. The van der Waals surface area contributed by atoms with Crippen molar-refractivity contribution in [2.75, 3.05) is 6.61 Å². The highest BCUT2D eigenvalue weighted by atomic mass is 32.2. The molecule has 0 amide bonds. The Morgan fingerprint density at radius 1 is 1.04 bits per heavy atom. The quantitative estimate of drug-likeness (QED) is 0.347. The number of thioether (sulfide) groups is 1. The molecule has 152 valence electrons. The van der Waals surface area contributed by atoms with Gasteiger partial charge in [0.2, 0.25) is 0 Å². The van der Waals surface area contributed by atoms with Crippen molar-refractivity contribution in [1.82, 2.24) is 0 Å². The second kappa shape index (κ2) is 10.1. The number of rotatable bonds is 8. The van der Waals surface area contributed by atoms with Crippen molar-refractivity contribution in [1.29, 1.82) is 0 Å². The van der Waals surface area contributed by atoms with E-state index in [2.05, 4.69) is 11.9 Å². The molecule has 1 saturated heterocycles. The fraction of sp³-hybridized carbons (Fsp3) is 0.778. The summed E-state index contributed by atoms with van der Waals surface area (Å²) in [5, 5.41) is 0.935. The molecule has 0 spiro atoms. The van der Waals surface area contributed by atoms with Crippen LogP contribution in [0.4, 0.5) is 0 Å². The van der Waals surface area contributed by atoms with Gasteiger partial charge < -0.3 is 18.9 Å². The molecule has 2 heterocycles. The van der Waals surface area contributed by atoms with Crippen LogP contribution in [0.25, 0.3) is 0 Å². The summed E-state index contributed by atoms with van der Waals surface area (Å²) in [4.78, 5) is 39.1. The van der Waals surface area contributed by atoms with Gasteiger partial charge in [0.25, 0.3) is 0 Å². The first kappa shape index (κ1) is 21.7. The van der Waals surface area contributed by atoms with Gasteiger partial charge in [-0.3, -0.25) is 19.4 Å². The molecule has 9 heteroatoms. The number of ether oxygens (including phenoxy) is 4. The molecule has 0 aromatic carbocycles. The Morgan fingerprint density at radius 3 is 2.30 bits per heavy atom. The van der Waals surface area contributed by atoms with Crippen molar-refractivity contribution in [3.05, 3.63) is 0 Å². The van der Waals surface area contributed by atoms with Crippen molar-refractivity contribution in [2.45, 2.75) is 83.2 Å². The molecule has 1 fully saturated rings. The summed E-state index contributed by atoms with van der Waals surface area (Å²) in [7, 11) is 0. The fourth-order valence-corrected chi connectivity index (χ4v) is 4.37. The molecule has 2 aliphatic heterocycles. The number of carbonyl (C=O) groups excluding carboxylic acids is 3. The highest BCUT2D eigenvalue weighted by molar-refractivity contribution is 8.14. The molecule has 0 radical (unpaired) electrons. The van der Waals surface area contributed by atoms with Crippen molar-refractivity contribution in [3.8, 4) is 0 Å². The third-order valence-electron chi connectivity index (χ3n) is 4.21. The SMILES string of the molecule is CCCCCC1=NC2C(O[C@H](COC(C)=O)[C@@H](OC(C)=O)[C@@H]2OC(C)=O)S1. The summed E-state index contributed by atoms with van der Waals surface area (Å²) in [5.41, 5.74) is -0.377. The van der Waals surface area contributed by atoms with E-state index in [1.807, 2.05) is 0 Å². The van der Waals surface area contributed by atoms with Crippen molar-refractivity contribution in [3.63, 3.8) is 0 Å². The van der Waals surface area contributed by atoms with Gasteiger partial charge >= 0.3 is 17.9 Å². The molecule has 27 heavy (non-hydrogen) atoms.